The fourth-order valence-corrected chi connectivity index (χ4v) is 5.97. The summed E-state index contributed by atoms with van der Waals surface area (Å²) in [5.41, 5.74) is 0. The third kappa shape index (κ3) is 11.9. The number of thiol groups is 1. The van der Waals surface area contributed by atoms with E-state index < -0.39 is 9.84 Å². The predicted molar refractivity (Wildman–Crippen MR) is 139 cm³/mol. The van der Waals surface area contributed by atoms with Gasteiger partial charge in [0, 0.05) is 0 Å². The Morgan fingerprint density at radius 2 is 1.77 bits per heavy atom. The number of alkyl halides is 1. The molecule has 0 aromatic carbocycles. The molecule has 0 bridgehead atoms. The Balaban J connectivity index is 6.19. The van der Waals surface area contributed by atoms with Crippen molar-refractivity contribution in [3.63, 3.8) is 0 Å². The van der Waals surface area contributed by atoms with Gasteiger partial charge < -0.3 is 18.8 Å². The first-order valence-corrected chi connectivity index (χ1v) is 13.9. The topological polar surface area (TPSA) is 82.1 Å². The number of hydrogen-bond donors (Lipinski definition) is 2. The molecule has 0 saturated carbocycles. The van der Waals surface area contributed by atoms with Gasteiger partial charge >= 0.3 is 0 Å². The molecule has 0 radical (unpaired) electrons. The Morgan fingerprint density at radius 1 is 1.10 bits per heavy atom. The van der Waals surface area contributed by atoms with Crippen LogP contribution in [0, 0.1) is 0 Å². The first kappa shape index (κ1) is 30.4. The van der Waals surface area contributed by atoms with E-state index in [0.717, 1.165) is 0 Å². The van der Waals surface area contributed by atoms with Crippen LogP contribution in [-0.4, -0.2) is 45.3 Å². The monoisotopic (exact) mass is 716 g/mol. The number of hydrogen-bond acceptors (Lipinski definition) is 7. The van der Waals surface area contributed by atoms with Gasteiger partial charge in [0.1, 0.15) is 19.0 Å². The summed E-state index contributed by atoms with van der Waals surface area (Å²) < 4.78 is 43.5. The summed E-state index contributed by atoms with van der Waals surface area (Å²) in [7, 11) is -3.83. The molecule has 0 aliphatic rings. The fourth-order valence-electron chi connectivity index (χ4n) is 1.87. The molecule has 12 heteroatoms. The maximum absolute atomic E-state index is 13.3. The summed E-state index contributed by atoms with van der Waals surface area (Å²) >= 11 is 16.9. The molecule has 1 N–H and O–H groups in total. The van der Waals surface area contributed by atoms with E-state index in [1.54, 1.807) is 13.8 Å². The first-order valence-electron chi connectivity index (χ1n) is 8.57. The number of allylic oxidation sites excluding steroid dienone is 8. The van der Waals surface area contributed by atoms with Crippen molar-refractivity contribution in [3.8, 4) is 0 Å². The van der Waals surface area contributed by atoms with Crippen LogP contribution in [0.4, 0.5) is 0 Å². The largest absolute Gasteiger partial charge is 0.498 e. The zero-order valence-electron chi connectivity index (χ0n) is 16.4. The molecule has 6 nitrogen and oxygen atoms in total. The number of sulfone groups is 1. The van der Waals surface area contributed by atoms with Gasteiger partial charge in [-0.1, -0.05) is 38.8 Å². The van der Waals surface area contributed by atoms with Crippen LogP contribution in [0.2, 0.25) is 0 Å². The molecule has 0 fully saturated rings. The second kappa shape index (κ2) is 17.0. The summed E-state index contributed by atoms with van der Waals surface area (Å²) in [5, 5.41) is 9.18. The number of rotatable bonds is 14. The van der Waals surface area contributed by atoms with E-state index in [2.05, 4.69) is 80.8 Å². The molecule has 0 amide bonds. The molecular formula is C18H24Br4O6S2. The van der Waals surface area contributed by atoms with Gasteiger partial charge in [-0.05, 0) is 80.8 Å². The van der Waals surface area contributed by atoms with E-state index in [9.17, 15) is 8.42 Å². The summed E-state index contributed by atoms with van der Waals surface area (Å²) in [6.07, 6.45) is 6.06. The Bertz CT molecular complexity index is 797. The normalized spacial score (nSPS) is 15.2. The summed E-state index contributed by atoms with van der Waals surface area (Å²) in [6, 6.07) is 0. The zero-order valence-corrected chi connectivity index (χ0v) is 24.5. The Hall–Kier alpha value is 0.440. The van der Waals surface area contributed by atoms with E-state index in [1.807, 2.05) is 0 Å². The third-order valence-corrected chi connectivity index (χ3v) is 7.12. The van der Waals surface area contributed by atoms with E-state index in [1.165, 1.54) is 24.5 Å². The summed E-state index contributed by atoms with van der Waals surface area (Å²) in [5.74, 6) is 0.526. The van der Waals surface area contributed by atoms with Crippen LogP contribution in [0.15, 0.2) is 53.5 Å². The molecule has 0 unspecified atom stereocenters. The van der Waals surface area contributed by atoms with Crippen LogP contribution < -0.4 is 0 Å². The minimum absolute atomic E-state index is 0.0609. The van der Waals surface area contributed by atoms with Crippen molar-refractivity contribution in [3.05, 3.63) is 53.5 Å². The van der Waals surface area contributed by atoms with Gasteiger partial charge in [0.15, 0.2) is 0 Å². The van der Waals surface area contributed by atoms with Gasteiger partial charge in [0.2, 0.25) is 9.84 Å². The Morgan fingerprint density at radius 3 is 2.27 bits per heavy atom. The van der Waals surface area contributed by atoms with Crippen LogP contribution in [0.5, 0.6) is 0 Å². The van der Waals surface area contributed by atoms with E-state index in [0.29, 0.717) is 24.5 Å². The minimum Gasteiger partial charge on any atom is -0.498 e. The maximum Gasteiger partial charge on any atom is 0.202 e. The van der Waals surface area contributed by atoms with Crippen molar-refractivity contribution < 1.29 is 27.2 Å². The van der Waals surface area contributed by atoms with E-state index in [-0.39, 0.29) is 42.7 Å². The number of halogens is 4. The highest BCUT2D eigenvalue weighted by atomic mass is 79.9. The van der Waals surface area contributed by atoms with Crippen molar-refractivity contribution in [2.45, 2.75) is 20.3 Å². The van der Waals surface area contributed by atoms with Gasteiger partial charge in [0.25, 0.3) is 0 Å². The SMILES string of the molecule is CC/C(=C\C(Br)=C(/CBr)OCCOS)S(=O)(=O)C(/C=C(\C)Br)=C/C(Br)=C/OCCO. The lowest BCUT2D eigenvalue weighted by atomic mass is 10.3. The van der Waals surface area contributed by atoms with Gasteiger partial charge in [0.05, 0.1) is 43.6 Å². The highest BCUT2D eigenvalue weighted by Gasteiger charge is 2.22. The van der Waals surface area contributed by atoms with Crippen LogP contribution >= 0.6 is 76.6 Å². The van der Waals surface area contributed by atoms with Crippen LogP contribution in [-0.2, 0) is 23.5 Å². The molecule has 0 aromatic rings. The van der Waals surface area contributed by atoms with Crippen molar-refractivity contribution in [2.24, 2.45) is 0 Å². The smallest absolute Gasteiger partial charge is 0.202 e. The molecular weight excluding hydrogens is 696 g/mol. The predicted octanol–water partition coefficient (Wildman–Crippen LogP) is 6.00. The quantitative estimate of drug-likeness (QED) is 0.0573. The maximum atomic E-state index is 13.3. The zero-order chi connectivity index (χ0) is 23.2. The fraction of sp³-hybridized carbons (Fsp3) is 0.444. The highest BCUT2D eigenvalue weighted by Crippen LogP contribution is 2.29. The average Bonchev–Trinajstić information content (AvgIpc) is 2.68. The number of aliphatic hydroxyl groups is 1. The number of aliphatic hydroxyl groups excluding tert-OH is 1. The second-order valence-electron chi connectivity index (χ2n) is 5.43. The van der Waals surface area contributed by atoms with Crippen LogP contribution in [0.3, 0.4) is 0 Å². The molecule has 0 atom stereocenters. The molecule has 172 valence electrons. The molecule has 0 heterocycles. The molecule has 0 spiro atoms. The molecule has 0 rings (SSSR count). The first-order chi connectivity index (χ1) is 14.1. The number of ether oxygens (including phenoxy) is 2. The molecule has 0 saturated heterocycles. The van der Waals surface area contributed by atoms with E-state index >= 15 is 0 Å². The third-order valence-electron chi connectivity index (χ3n) is 3.16. The molecule has 0 aromatic heterocycles. The van der Waals surface area contributed by atoms with Crippen LogP contribution in [0.1, 0.15) is 20.3 Å². The van der Waals surface area contributed by atoms with Gasteiger partial charge in [-0.3, -0.25) is 0 Å². The van der Waals surface area contributed by atoms with Gasteiger partial charge in [-0.15, -0.1) is 0 Å². The lowest BCUT2D eigenvalue weighted by molar-refractivity contribution is 0.166. The molecule has 0 aliphatic heterocycles. The van der Waals surface area contributed by atoms with Gasteiger partial charge in [-0.2, -0.15) is 0 Å². The van der Waals surface area contributed by atoms with E-state index in [4.69, 9.17) is 14.6 Å². The van der Waals surface area contributed by atoms with Crippen molar-refractivity contribution in [1.82, 2.24) is 0 Å². The Labute approximate surface area is 217 Å². The summed E-state index contributed by atoms with van der Waals surface area (Å²) in [6.45, 7) is 3.99. The standard InChI is InChI=1S/C18H24Br4O6S2/c1-3-15(10-17(22)18(11-19)27-6-7-28-29)30(24,25)16(8-13(2)20)9-14(21)12-26-5-4-23/h8-10,12,23,29H,3-7,11H2,1-2H3/b13-8+,14-12-,15-10+,16-9+,18-17-. The minimum atomic E-state index is -3.83. The lowest BCUT2D eigenvalue weighted by Gasteiger charge is -2.12. The summed E-state index contributed by atoms with van der Waals surface area (Å²) in [4.78, 5) is 0.250. The van der Waals surface area contributed by atoms with Crippen LogP contribution in [0.25, 0.3) is 0 Å². The van der Waals surface area contributed by atoms with Crippen molar-refractivity contribution >= 4 is 86.5 Å². The lowest BCUT2D eigenvalue weighted by Crippen LogP contribution is -2.07. The van der Waals surface area contributed by atoms with Crippen molar-refractivity contribution in [2.75, 3.05) is 31.8 Å². The van der Waals surface area contributed by atoms with Crippen molar-refractivity contribution in [1.29, 1.82) is 0 Å². The molecule has 0 aliphatic carbocycles. The van der Waals surface area contributed by atoms with Gasteiger partial charge in [-0.25, -0.2) is 8.42 Å². The Kier molecular flexibility index (Phi) is 17.2. The second-order valence-corrected chi connectivity index (χ2v) is 11.3. The molecule has 30 heavy (non-hydrogen) atoms. The highest BCUT2D eigenvalue weighted by molar-refractivity contribution is 9.12. The average molecular weight is 720 g/mol.